The highest BCUT2D eigenvalue weighted by molar-refractivity contribution is 9.10. The first kappa shape index (κ1) is 16.3. The fraction of sp³-hybridized carbons (Fsp3) is 0.467. The van der Waals surface area contributed by atoms with Gasteiger partial charge in [-0.25, -0.2) is 4.39 Å². The lowest BCUT2D eigenvalue weighted by Gasteiger charge is -2.27. The Morgan fingerprint density at radius 2 is 2.26 bits per heavy atom. The van der Waals surface area contributed by atoms with Crippen LogP contribution in [0.5, 0.6) is 0 Å². The van der Waals surface area contributed by atoms with Crippen LogP contribution in [0.25, 0.3) is 0 Å². The third-order valence-electron chi connectivity index (χ3n) is 3.13. The summed E-state index contributed by atoms with van der Waals surface area (Å²) in [5.74, 6) is -0.226. The molecule has 4 heteroatoms. The number of halogens is 2. The molecule has 1 rings (SSSR count). The van der Waals surface area contributed by atoms with Gasteiger partial charge in [-0.2, -0.15) is 0 Å². The predicted molar refractivity (Wildman–Crippen MR) is 80.9 cm³/mol. The summed E-state index contributed by atoms with van der Waals surface area (Å²) in [7, 11) is 1.68. The van der Waals surface area contributed by atoms with Gasteiger partial charge >= 0.3 is 0 Å². The van der Waals surface area contributed by atoms with Gasteiger partial charge in [0, 0.05) is 25.6 Å². The Labute approximate surface area is 123 Å². The standard InChI is InChI=1S/C15H21BrFNO/c1-4-15(2,11-18-8-9-19-3)10-12-6-5-7-13(17)14(12)16/h4-7,18H,1,8-11H2,2-3H3. The number of hydrogen-bond acceptors (Lipinski definition) is 2. The zero-order chi connectivity index (χ0) is 14.3. The molecule has 0 aromatic heterocycles. The quantitative estimate of drug-likeness (QED) is 0.581. The van der Waals surface area contributed by atoms with Crippen molar-refractivity contribution in [3.63, 3.8) is 0 Å². The van der Waals surface area contributed by atoms with E-state index >= 15 is 0 Å². The van der Waals surface area contributed by atoms with Crippen LogP contribution in [0.15, 0.2) is 35.3 Å². The van der Waals surface area contributed by atoms with E-state index in [-0.39, 0.29) is 11.2 Å². The van der Waals surface area contributed by atoms with Gasteiger partial charge in [0.15, 0.2) is 0 Å². The molecule has 1 N–H and O–H groups in total. The average molecular weight is 330 g/mol. The molecular formula is C15H21BrFNO. The smallest absolute Gasteiger partial charge is 0.137 e. The van der Waals surface area contributed by atoms with Gasteiger partial charge < -0.3 is 10.1 Å². The van der Waals surface area contributed by atoms with Gasteiger partial charge in [0.25, 0.3) is 0 Å². The first-order chi connectivity index (χ1) is 9.02. The van der Waals surface area contributed by atoms with Crippen molar-refractivity contribution in [1.29, 1.82) is 0 Å². The van der Waals surface area contributed by atoms with E-state index in [0.29, 0.717) is 11.1 Å². The summed E-state index contributed by atoms with van der Waals surface area (Å²) >= 11 is 3.31. The molecule has 0 aliphatic rings. The fourth-order valence-corrected chi connectivity index (χ4v) is 2.28. The van der Waals surface area contributed by atoms with Crippen molar-refractivity contribution in [2.75, 3.05) is 26.8 Å². The van der Waals surface area contributed by atoms with Crippen LogP contribution in [0.4, 0.5) is 4.39 Å². The zero-order valence-electron chi connectivity index (χ0n) is 11.5. The normalized spacial score (nSPS) is 14.1. The molecule has 19 heavy (non-hydrogen) atoms. The van der Waals surface area contributed by atoms with Crippen LogP contribution >= 0.6 is 15.9 Å². The highest BCUT2D eigenvalue weighted by Crippen LogP contribution is 2.29. The van der Waals surface area contributed by atoms with E-state index in [1.54, 1.807) is 13.2 Å². The SMILES string of the molecule is C=CC(C)(CNCCOC)Cc1cccc(F)c1Br. The topological polar surface area (TPSA) is 21.3 Å². The number of rotatable bonds is 8. The van der Waals surface area contributed by atoms with Crippen molar-refractivity contribution in [1.82, 2.24) is 5.32 Å². The lowest BCUT2D eigenvalue weighted by molar-refractivity contribution is 0.195. The van der Waals surface area contributed by atoms with E-state index in [1.807, 2.05) is 12.1 Å². The molecule has 0 saturated heterocycles. The third kappa shape index (κ3) is 5.05. The largest absolute Gasteiger partial charge is 0.383 e. The Balaban J connectivity index is 2.69. The zero-order valence-corrected chi connectivity index (χ0v) is 13.1. The summed E-state index contributed by atoms with van der Waals surface area (Å²) in [6, 6.07) is 5.12. The summed E-state index contributed by atoms with van der Waals surface area (Å²) in [6.45, 7) is 8.26. The number of benzene rings is 1. The van der Waals surface area contributed by atoms with Crippen LogP contribution in [0.2, 0.25) is 0 Å². The van der Waals surface area contributed by atoms with E-state index in [0.717, 1.165) is 25.1 Å². The predicted octanol–water partition coefficient (Wildman–Crippen LogP) is 3.56. The minimum Gasteiger partial charge on any atom is -0.383 e. The van der Waals surface area contributed by atoms with Crippen LogP contribution in [-0.4, -0.2) is 26.8 Å². The minimum absolute atomic E-state index is 0.121. The summed E-state index contributed by atoms with van der Waals surface area (Å²) < 4.78 is 19.0. The summed E-state index contributed by atoms with van der Waals surface area (Å²) in [5.41, 5.74) is 0.834. The fourth-order valence-electron chi connectivity index (χ4n) is 1.88. The highest BCUT2D eigenvalue weighted by atomic mass is 79.9. The van der Waals surface area contributed by atoms with Crippen molar-refractivity contribution in [2.24, 2.45) is 5.41 Å². The second kappa shape index (κ2) is 7.78. The molecule has 0 radical (unpaired) electrons. The second-order valence-electron chi connectivity index (χ2n) is 4.92. The van der Waals surface area contributed by atoms with E-state index in [9.17, 15) is 4.39 Å². The van der Waals surface area contributed by atoms with Crippen molar-refractivity contribution in [2.45, 2.75) is 13.3 Å². The van der Waals surface area contributed by atoms with E-state index < -0.39 is 0 Å². The molecule has 0 fully saturated rings. The van der Waals surface area contributed by atoms with Crippen LogP contribution in [0, 0.1) is 11.2 Å². The van der Waals surface area contributed by atoms with Gasteiger partial charge in [0.1, 0.15) is 5.82 Å². The van der Waals surface area contributed by atoms with Crippen LogP contribution in [0.1, 0.15) is 12.5 Å². The Bertz CT molecular complexity index is 425. The highest BCUT2D eigenvalue weighted by Gasteiger charge is 2.22. The second-order valence-corrected chi connectivity index (χ2v) is 5.71. The minimum atomic E-state index is -0.226. The molecule has 1 atom stereocenters. The molecule has 2 nitrogen and oxygen atoms in total. The Hall–Kier alpha value is -0.710. The van der Waals surface area contributed by atoms with Gasteiger partial charge in [-0.15, -0.1) is 6.58 Å². The lowest BCUT2D eigenvalue weighted by Crippen LogP contribution is -2.34. The number of nitrogens with one attached hydrogen (secondary N) is 1. The van der Waals surface area contributed by atoms with Crippen LogP contribution < -0.4 is 5.32 Å². The number of hydrogen-bond donors (Lipinski definition) is 1. The monoisotopic (exact) mass is 329 g/mol. The van der Waals surface area contributed by atoms with E-state index in [2.05, 4.69) is 34.7 Å². The van der Waals surface area contributed by atoms with Gasteiger partial charge in [0.05, 0.1) is 11.1 Å². The molecule has 0 heterocycles. The molecule has 106 valence electrons. The maximum absolute atomic E-state index is 13.5. The molecule has 1 aromatic carbocycles. The van der Waals surface area contributed by atoms with Crippen molar-refractivity contribution in [3.05, 3.63) is 46.7 Å². The first-order valence-corrected chi connectivity index (χ1v) is 7.08. The van der Waals surface area contributed by atoms with Gasteiger partial charge in [-0.3, -0.25) is 0 Å². The van der Waals surface area contributed by atoms with Crippen LogP contribution in [-0.2, 0) is 11.2 Å². The van der Waals surface area contributed by atoms with Crippen molar-refractivity contribution < 1.29 is 9.13 Å². The molecule has 0 amide bonds. The Morgan fingerprint density at radius 1 is 1.53 bits per heavy atom. The Kier molecular flexibility index (Phi) is 6.69. The van der Waals surface area contributed by atoms with Gasteiger partial charge in [0.2, 0.25) is 0 Å². The molecule has 1 aromatic rings. The first-order valence-electron chi connectivity index (χ1n) is 6.28. The molecule has 0 aliphatic heterocycles. The molecule has 0 saturated carbocycles. The molecule has 0 spiro atoms. The number of methoxy groups -OCH3 is 1. The van der Waals surface area contributed by atoms with Crippen molar-refractivity contribution >= 4 is 15.9 Å². The maximum Gasteiger partial charge on any atom is 0.137 e. The molecule has 0 bridgehead atoms. The summed E-state index contributed by atoms with van der Waals surface area (Å²) in [4.78, 5) is 0. The summed E-state index contributed by atoms with van der Waals surface area (Å²) in [5, 5.41) is 3.33. The molecule has 1 unspecified atom stereocenters. The van der Waals surface area contributed by atoms with Crippen molar-refractivity contribution in [3.8, 4) is 0 Å². The average Bonchev–Trinajstić information content (AvgIpc) is 2.40. The Morgan fingerprint density at radius 3 is 2.89 bits per heavy atom. The van der Waals surface area contributed by atoms with E-state index in [4.69, 9.17) is 4.74 Å². The van der Waals surface area contributed by atoms with Crippen LogP contribution in [0.3, 0.4) is 0 Å². The molecular weight excluding hydrogens is 309 g/mol. The summed E-state index contributed by atoms with van der Waals surface area (Å²) in [6.07, 6.45) is 2.65. The third-order valence-corrected chi connectivity index (χ3v) is 4.02. The molecule has 0 aliphatic carbocycles. The maximum atomic E-state index is 13.5. The lowest BCUT2D eigenvalue weighted by atomic mass is 9.83. The van der Waals surface area contributed by atoms with E-state index in [1.165, 1.54) is 6.07 Å². The van der Waals surface area contributed by atoms with Gasteiger partial charge in [-0.1, -0.05) is 25.1 Å². The number of ether oxygens (including phenoxy) is 1. The van der Waals surface area contributed by atoms with Gasteiger partial charge in [-0.05, 0) is 34.0 Å².